The number of nitrogens with one attached hydrogen (secondary N) is 1. The molecular formula is C14H24N4O3. The van der Waals surface area contributed by atoms with Gasteiger partial charge in [0.05, 0.1) is 6.61 Å². The molecule has 0 aromatic carbocycles. The van der Waals surface area contributed by atoms with Gasteiger partial charge in [-0.25, -0.2) is 4.79 Å². The lowest BCUT2D eigenvalue weighted by molar-refractivity contribution is 0.0545. The number of anilines is 1. The van der Waals surface area contributed by atoms with Crippen molar-refractivity contribution in [1.29, 1.82) is 0 Å². The number of amides is 2. The molecule has 2 amide bonds. The zero-order valence-electron chi connectivity index (χ0n) is 12.7. The third-order valence-electron chi connectivity index (χ3n) is 3.76. The maximum atomic E-state index is 12.2. The van der Waals surface area contributed by atoms with E-state index in [4.69, 9.17) is 9.26 Å². The SMILES string of the molecule is CCOCCN1CCN(C(=O)Nc2ccon2)C[C@@H]1CC. The van der Waals surface area contributed by atoms with Gasteiger partial charge in [-0.05, 0) is 13.3 Å². The molecule has 0 saturated carbocycles. The molecular weight excluding hydrogens is 272 g/mol. The van der Waals surface area contributed by atoms with Gasteiger partial charge in [0.1, 0.15) is 6.26 Å². The number of hydrogen-bond donors (Lipinski definition) is 1. The minimum atomic E-state index is -0.119. The molecule has 0 unspecified atom stereocenters. The summed E-state index contributed by atoms with van der Waals surface area (Å²) in [4.78, 5) is 16.4. The highest BCUT2D eigenvalue weighted by atomic mass is 16.5. The molecule has 1 atom stereocenters. The fraction of sp³-hybridized carbons (Fsp3) is 0.714. The first kappa shape index (κ1) is 15.8. The van der Waals surface area contributed by atoms with Gasteiger partial charge in [0.2, 0.25) is 0 Å². The molecule has 0 bridgehead atoms. The van der Waals surface area contributed by atoms with Gasteiger partial charge in [0.15, 0.2) is 5.82 Å². The minimum Gasteiger partial charge on any atom is -0.380 e. The molecule has 21 heavy (non-hydrogen) atoms. The molecule has 1 aromatic rings. The molecule has 1 aromatic heterocycles. The predicted molar refractivity (Wildman–Crippen MR) is 79.2 cm³/mol. The van der Waals surface area contributed by atoms with E-state index in [2.05, 4.69) is 22.3 Å². The Hall–Kier alpha value is -1.60. The molecule has 7 nitrogen and oxygen atoms in total. The molecule has 1 fully saturated rings. The van der Waals surface area contributed by atoms with Crippen LogP contribution >= 0.6 is 0 Å². The first-order valence-corrected chi connectivity index (χ1v) is 7.52. The number of rotatable bonds is 6. The summed E-state index contributed by atoms with van der Waals surface area (Å²) < 4.78 is 10.1. The van der Waals surface area contributed by atoms with Gasteiger partial charge in [-0.15, -0.1) is 0 Å². The quantitative estimate of drug-likeness (QED) is 0.808. The maximum Gasteiger partial charge on any atom is 0.323 e. The average molecular weight is 296 g/mol. The van der Waals surface area contributed by atoms with Gasteiger partial charge in [-0.3, -0.25) is 10.2 Å². The first-order chi connectivity index (χ1) is 10.2. The van der Waals surface area contributed by atoms with E-state index >= 15 is 0 Å². The van der Waals surface area contributed by atoms with Crippen molar-refractivity contribution in [3.63, 3.8) is 0 Å². The van der Waals surface area contributed by atoms with Crippen LogP contribution < -0.4 is 5.32 Å². The molecule has 2 rings (SSSR count). The van der Waals surface area contributed by atoms with Crippen LogP contribution in [-0.2, 0) is 4.74 Å². The number of carbonyl (C=O) groups excluding carboxylic acids is 1. The lowest BCUT2D eigenvalue weighted by Gasteiger charge is -2.40. The van der Waals surface area contributed by atoms with Crippen LogP contribution in [0.4, 0.5) is 10.6 Å². The Morgan fingerprint density at radius 3 is 3.05 bits per heavy atom. The smallest absolute Gasteiger partial charge is 0.323 e. The minimum absolute atomic E-state index is 0.119. The summed E-state index contributed by atoms with van der Waals surface area (Å²) in [6.07, 6.45) is 2.45. The zero-order chi connectivity index (χ0) is 15.1. The van der Waals surface area contributed by atoms with E-state index in [9.17, 15) is 4.79 Å². The van der Waals surface area contributed by atoms with Crippen molar-refractivity contribution in [3.8, 4) is 0 Å². The van der Waals surface area contributed by atoms with Crippen molar-refractivity contribution in [2.24, 2.45) is 0 Å². The van der Waals surface area contributed by atoms with E-state index in [-0.39, 0.29) is 6.03 Å². The Bertz CT molecular complexity index is 424. The van der Waals surface area contributed by atoms with Crippen LogP contribution in [0.15, 0.2) is 16.9 Å². The van der Waals surface area contributed by atoms with E-state index in [1.165, 1.54) is 6.26 Å². The number of aromatic nitrogens is 1. The van der Waals surface area contributed by atoms with Gasteiger partial charge < -0.3 is 14.2 Å². The number of nitrogens with zero attached hydrogens (tertiary/aromatic N) is 3. The zero-order valence-corrected chi connectivity index (χ0v) is 12.7. The lowest BCUT2D eigenvalue weighted by atomic mass is 10.1. The molecule has 7 heteroatoms. The van der Waals surface area contributed by atoms with Crippen LogP contribution in [0.25, 0.3) is 0 Å². The topological polar surface area (TPSA) is 70.8 Å². The summed E-state index contributed by atoms with van der Waals surface area (Å²) in [6.45, 7) is 8.89. The summed E-state index contributed by atoms with van der Waals surface area (Å²) in [6, 6.07) is 1.89. The number of hydrogen-bond acceptors (Lipinski definition) is 5. The van der Waals surface area contributed by atoms with Crippen molar-refractivity contribution >= 4 is 11.8 Å². The molecule has 1 aliphatic heterocycles. The lowest BCUT2D eigenvalue weighted by Crippen LogP contribution is -2.56. The van der Waals surface area contributed by atoms with Gasteiger partial charge in [-0.1, -0.05) is 12.1 Å². The Balaban J connectivity index is 1.83. The van der Waals surface area contributed by atoms with Crippen LogP contribution in [0.1, 0.15) is 20.3 Å². The molecule has 1 aliphatic rings. The highest BCUT2D eigenvalue weighted by molar-refractivity contribution is 5.88. The number of ether oxygens (including phenoxy) is 1. The first-order valence-electron chi connectivity index (χ1n) is 7.52. The normalized spacial score (nSPS) is 19.7. The van der Waals surface area contributed by atoms with Crippen LogP contribution in [-0.4, -0.2) is 66.4 Å². The standard InChI is InChI=1S/C14H24N4O3/c1-3-12-11-18(7-6-17(12)8-10-20-4-2)14(19)15-13-5-9-21-16-13/h5,9,12H,3-4,6-8,10-11H2,1-2H3,(H,15,16,19)/t12-/m0/s1. The third-order valence-corrected chi connectivity index (χ3v) is 3.76. The van der Waals surface area contributed by atoms with Crippen molar-refractivity contribution in [2.75, 3.05) is 44.7 Å². The summed E-state index contributed by atoms with van der Waals surface area (Å²) >= 11 is 0. The third kappa shape index (κ3) is 4.44. The second-order valence-corrected chi connectivity index (χ2v) is 5.06. The predicted octanol–water partition coefficient (Wildman–Crippen LogP) is 1.64. The Morgan fingerprint density at radius 2 is 2.38 bits per heavy atom. The fourth-order valence-corrected chi connectivity index (χ4v) is 2.55. The maximum absolute atomic E-state index is 12.2. The highest BCUT2D eigenvalue weighted by Crippen LogP contribution is 2.14. The summed E-state index contributed by atoms with van der Waals surface area (Å²) in [5.74, 6) is 0.451. The largest absolute Gasteiger partial charge is 0.380 e. The number of urea groups is 1. The van der Waals surface area contributed by atoms with E-state index in [1.807, 2.05) is 11.8 Å². The van der Waals surface area contributed by atoms with Crippen LogP contribution in [0, 0.1) is 0 Å². The Labute approximate surface area is 125 Å². The second-order valence-electron chi connectivity index (χ2n) is 5.06. The van der Waals surface area contributed by atoms with Gasteiger partial charge in [-0.2, -0.15) is 0 Å². The van der Waals surface area contributed by atoms with Crippen molar-refractivity contribution in [3.05, 3.63) is 12.3 Å². The molecule has 1 saturated heterocycles. The molecule has 0 spiro atoms. The van der Waals surface area contributed by atoms with E-state index < -0.39 is 0 Å². The molecule has 0 aliphatic carbocycles. The Kier molecular flexibility index (Phi) is 6.01. The monoisotopic (exact) mass is 296 g/mol. The van der Waals surface area contributed by atoms with Gasteiger partial charge >= 0.3 is 6.03 Å². The van der Waals surface area contributed by atoms with Gasteiger partial charge in [0, 0.05) is 44.9 Å². The summed E-state index contributed by atoms with van der Waals surface area (Å²) in [7, 11) is 0. The van der Waals surface area contributed by atoms with E-state index in [1.54, 1.807) is 6.07 Å². The van der Waals surface area contributed by atoms with Crippen LogP contribution in [0.5, 0.6) is 0 Å². The fourth-order valence-electron chi connectivity index (χ4n) is 2.55. The van der Waals surface area contributed by atoms with E-state index in [0.29, 0.717) is 18.4 Å². The second kappa shape index (κ2) is 7.99. The van der Waals surface area contributed by atoms with Crippen molar-refractivity contribution < 1.29 is 14.1 Å². The van der Waals surface area contributed by atoms with E-state index in [0.717, 1.165) is 39.3 Å². The number of piperazine rings is 1. The molecule has 0 radical (unpaired) electrons. The highest BCUT2D eigenvalue weighted by Gasteiger charge is 2.28. The van der Waals surface area contributed by atoms with Gasteiger partial charge in [0.25, 0.3) is 0 Å². The summed E-state index contributed by atoms with van der Waals surface area (Å²) in [5.41, 5.74) is 0. The average Bonchev–Trinajstić information content (AvgIpc) is 3.00. The summed E-state index contributed by atoms with van der Waals surface area (Å²) in [5, 5.41) is 6.44. The number of carbonyl (C=O) groups is 1. The van der Waals surface area contributed by atoms with Crippen molar-refractivity contribution in [2.45, 2.75) is 26.3 Å². The van der Waals surface area contributed by atoms with Crippen LogP contribution in [0.2, 0.25) is 0 Å². The Morgan fingerprint density at radius 1 is 1.52 bits per heavy atom. The molecule has 2 heterocycles. The van der Waals surface area contributed by atoms with Crippen LogP contribution in [0.3, 0.4) is 0 Å². The molecule has 1 N–H and O–H groups in total. The van der Waals surface area contributed by atoms with Crippen molar-refractivity contribution in [1.82, 2.24) is 15.0 Å². The molecule has 118 valence electrons.